The van der Waals surface area contributed by atoms with Crippen molar-refractivity contribution in [1.82, 2.24) is 4.57 Å². The second-order valence-electron chi connectivity index (χ2n) is 5.60. The van der Waals surface area contributed by atoms with Crippen LogP contribution in [0.3, 0.4) is 0 Å². The summed E-state index contributed by atoms with van der Waals surface area (Å²) >= 11 is 0. The molecule has 102 valence electrons. The molecule has 0 bridgehead atoms. The minimum atomic E-state index is 0.846. The summed E-state index contributed by atoms with van der Waals surface area (Å²) in [7, 11) is 0. The fourth-order valence-corrected chi connectivity index (χ4v) is 3.01. The van der Waals surface area contributed by atoms with E-state index in [1.54, 1.807) is 0 Å². The maximum atomic E-state index is 6.03. The Kier molecular flexibility index (Phi) is 3.01. The van der Waals surface area contributed by atoms with E-state index in [-0.39, 0.29) is 0 Å². The lowest BCUT2D eigenvalue weighted by atomic mass is 10.00. The number of rotatable bonds is 2. The third-order valence-corrected chi connectivity index (χ3v) is 4.02. The van der Waals surface area contributed by atoms with Crippen LogP contribution in [-0.2, 0) is 6.54 Å². The Balaban J connectivity index is 2.08. The smallest absolute Gasteiger partial charge is 0.0504 e. The van der Waals surface area contributed by atoms with Crippen molar-refractivity contribution in [1.29, 1.82) is 0 Å². The summed E-state index contributed by atoms with van der Waals surface area (Å²) in [6, 6.07) is 12.7. The Morgan fingerprint density at radius 1 is 1.00 bits per heavy atom. The SMILES string of the molecule is Cc1cc(C)c(Cn2ccc3c(N)cccc32)c(C)c1. The standard InChI is InChI=1S/C18H20N2/c1-12-9-13(2)16(14(3)10-12)11-20-8-7-15-17(19)5-4-6-18(15)20/h4-10H,11,19H2,1-3H3. The molecule has 0 fully saturated rings. The van der Waals surface area contributed by atoms with Gasteiger partial charge < -0.3 is 10.3 Å². The normalized spacial score (nSPS) is 11.2. The van der Waals surface area contributed by atoms with Gasteiger partial charge in [-0.1, -0.05) is 23.8 Å². The minimum Gasteiger partial charge on any atom is -0.398 e. The van der Waals surface area contributed by atoms with E-state index in [1.165, 1.54) is 27.8 Å². The van der Waals surface area contributed by atoms with Crippen LogP contribution in [0, 0.1) is 20.8 Å². The second kappa shape index (κ2) is 4.71. The van der Waals surface area contributed by atoms with Crippen molar-refractivity contribution in [2.75, 3.05) is 5.73 Å². The Bertz CT molecular complexity index is 758. The zero-order valence-corrected chi connectivity index (χ0v) is 12.3. The molecule has 2 N–H and O–H groups in total. The summed E-state index contributed by atoms with van der Waals surface area (Å²) in [6.45, 7) is 7.42. The van der Waals surface area contributed by atoms with Crippen LogP contribution >= 0.6 is 0 Å². The molecule has 0 atom stereocenters. The third-order valence-electron chi connectivity index (χ3n) is 4.02. The highest BCUT2D eigenvalue weighted by molar-refractivity contribution is 5.91. The first-order valence-electron chi connectivity index (χ1n) is 6.96. The molecule has 20 heavy (non-hydrogen) atoms. The van der Waals surface area contributed by atoms with Gasteiger partial charge >= 0.3 is 0 Å². The van der Waals surface area contributed by atoms with Crippen molar-refractivity contribution >= 4 is 16.6 Å². The highest BCUT2D eigenvalue weighted by Crippen LogP contribution is 2.24. The molecule has 0 aliphatic carbocycles. The van der Waals surface area contributed by atoms with Gasteiger partial charge in [0, 0.05) is 23.8 Å². The van der Waals surface area contributed by atoms with E-state index in [4.69, 9.17) is 5.73 Å². The predicted octanol–water partition coefficient (Wildman–Crippen LogP) is 4.20. The molecule has 0 spiro atoms. The molecule has 0 saturated heterocycles. The maximum Gasteiger partial charge on any atom is 0.0504 e. The van der Waals surface area contributed by atoms with Crippen molar-refractivity contribution in [3.05, 3.63) is 64.8 Å². The molecular formula is C18H20N2. The number of aryl methyl sites for hydroxylation is 3. The number of nitrogens with zero attached hydrogens (tertiary/aromatic N) is 1. The Morgan fingerprint density at radius 2 is 1.70 bits per heavy atom. The lowest BCUT2D eigenvalue weighted by molar-refractivity contribution is 0.823. The van der Waals surface area contributed by atoms with E-state index in [2.05, 4.69) is 55.8 Å². The lowest BCUT2D eigenvalue weighted by Gasteiger charge is -2.13. The molecule has 1 aromatic heterocycles. The predicted molar refractivity (Wildman–Crippen MR) is 86.1 cm³/mol. The first-order valence-corrected chi connectivity index (χ1v) is 6.96. The highest BCUT2D eigenvalue weighted by atomic mass is 15.0. The first kappa shape index (κ1) is 12.8. The maximum absolute atomic E-state index is 6.03. The van der Waals surface area contributed by atoms with E-state index in [1.807, 2.05) is 12.1 Å². The van der Waals surface area contributed by atoms with Crippen LogP contribution in [0.5, 0.6) is 0 Å². The van der Waals surface area contributed by atoms with Crippen LogP contribution in [0.15, 0.2) is 42.6 Å². The summed E-state index contributed by atoms with van der Waals surface area (Å²) < 4.78 is 2.27. The van der Waals surface area contributed by atoms with Crippen LogP contribution in [0.1, 0.15) is 22.3 Å². The zero-order chi connectivity index (χ0) is 14.3. The second-order valence-corrected chi connectivity index (χ2v) is 5.60. The fourth-order valence-electron chi connectivity index (χ4n) is 3.01. The first-order chi connectivity index (χ1) is 9.56. The van der Waals surface area contributed by atoms with Gasteiger partial charge in [-0.05, 0) is 55.7 Å². The van der Waals surface area contributed by atoms with Gasteiger partial charge in [-0.2, -0.15) is 0 Å². The van der Waals surface area contributed by atoms with Gasteiger partial charge in [-0.25, -0.2) is 0 Å². The largest absolute Gasteiger partial charge is 0.398 e. The average molecular weight is 264 g/mol. The summed E-state index contributed by atoms with van der Waals surface area (Å²) in [6.07, 6.45) is 2.12. The fraction of sp³-hybridized carbons (Fsp3) is 0.222. The average Bonchev–Trinajstić information content (AvgIpc) is 2.78. The molecule has 2 aromatic carbocycles. The van der Waals surface area contributed by atoms with Crippen molar-refractivity contribution in [3.8, 4) is 0 Å². The molecule has 3 aromatic rings. The quantitative estimate of drug-likeness (QED) is 0.691. The zero-order valence-electron chi connectivity index (χ0n) is 12.3. The van der Waals surface area contributed by atoms with Crippen molar-refractivity contribution in [2.45, 2.75) is 27.3 Å². The van der Waals surface area contributed by atoms with Gasteiger partial charge in [-0.15, -0.1) is 0 Å². The third kappa shape index (κ3) is 2.07. The van der Waals surface area contributed by atoms with Crippen LogP contribution < -0.4 is 5.73 Å². The van der Waals surface area contributed by atoms with Crippen molar-refractivity contribution in [3.63, 3.8) is 0 Å². The minimum absolute atomic E-state index is 0.846. The topological polar surface area (TPSA) is 30.9 Å². The number of hydrogen-bond donors (Lipinski definition) is 1. The van der Waals surface area contributed by atoms with Gasteiger partial charge in [-0.3, -0.25) is 0 Å². The summed E-state index contributed by atoms with van der Waals surface area (Å²) in [5.41, 5.74) is 13.5. The number of benzene rings is 2. The molecule has 0 saturated carbocycles. The molecule has 0 radical (unpaired) electrons. The van der Waals surface area contributed by atoms with E-state index in [0.717, 1.165) is 17.6 Å². The molecule has 0 aliphatic rings. The molecule has 2 heteroatoms. The molecule has 2 nitrogen and oxygen atoms in total. The van der Waals surface area contributed by atoms with Crippen LogP contribution in [0.25, 0.3) is 10.9 Å². The molecule has 0 amide bonds. The summed E-state index contributed by atoms with van der Waals surface area (Å²) in [5, 5.41) is 1.13. The molecule has 3 rings (SSSR count). The van der Waals surface area contributed by atoms with E-state index in [0.29, 0.717) is 0 Å². The van der Waals surface area contributed by atoms with Gasteiger partial charge in [0.15, 0.2) is 0 Å². The Labute approximate surface area is 119 Å². The van der Waals surface area contributed by atoms with Crippen LogP contribution in [-0.4, -0.2) is 4.57 Å². The number of anilines is 1. The monoisotopic (exact) mass is 264 g/mol. The number of fused-ring (bicyclic) bond motifs is 1. The Hall–Kier alpha value is -2.22. The number of nitrogens with two attached hydrogens (primary N) is 1. The van der Waals surface area contributed by atoms with Crippen LogP contribution in [0.2, 0.25) is 0 Å². The lowest BCUT2D eigenvalue weighted by Crippen LogP contribution is -2.03. The van der Waals surface area contributed by atoms with Gasteiger partial charge in [0.2, 0.25) is 0 Å². The number of aromatic nitrogens is 1. The van der Waals surface area contributed by atoms with Gasteiger partial charge in [0.25, 0.3) is 0 Å². The summed E-state index contributed by atoms with van der Waals surface area (Å²) in [5.74, 6) is 0. The molecule has 0 unspecified atom stereocenters. The Morgan fingerprint density at radius 3 is 2.40 bits per heavy atom. The van der Waals surface area contributed by atoms with Gasteiger partial charge in [0.05, 0.1) is 5.52 Å². The number of hydrogen-bond acceptors (Lipinski definition) is 1. The molecular weight excluding hydrogens is 244 g/mol. The van der Waals surface area contributed by atoms with Crippen molar-refractivity contribution in [2.24, 2.45) is 0 Å². The van der Waals surface area contributed by atoms with Gasteiger partial charge in [0.1, 0.15) is 0 Å². The molecule has 1 heterocycles. The summed E-state index contributed by atoms with van der Waals surface area (Å²) in [4.78, 5) is 0. The van der Waals surface area contributed by atoms with Crippen molar-refractivity contribution < 1.29 is 0 Å². The number of nitrogen functional groups attached to an aromatic ring is 1. The molecule has 0 aliphatic heterocycles. The van der Waals surface area contributed by atoms with E-state index in [9.17, 15) is 0 Å². The van der Waals surface area contributed by atoms with E-state index >= 15 is 0 Å². The highest BCUT2D eigenvalue weighted by Gasteiger charge is 2.08. The van der Waals surface area contributed by atoms with Crippen LogP contribution in [0.4, 0.5) is 5.69 Å². The van der Waals surface area contributed by atoms with E-state index < -0.39 is 0 Å².